The van der Waals surface area contributed by atoms with Gasteiger partial charge in [0.05, 0.1) is 11.4 Å². The Hall–Kier alpha value is -3.39. The van der Waals surface area contributed by atoms with E-state index in [1.165, 1.54) is 17.4 Å². The third-order valence-electron chi connectivity index (χ3n) is 4.54. The molecule has 0 bridgehead atoms. The number of rotatable bonds is 5. The molecule has 0 spiro atoms. The second-order valence-corrected chi connectivity index (χ2v) is 7.34. The number of likely N-dealkylation sites (tertiary alicyclic amines) is 1. The number of carbonyl (C=O) groups excluding carboxylic acids is 3. The molecule has 146 valence electrons. The van der Waals surface area contributed by atoms with Crippen LogP contribution in [-0.4, -0.2) is 34.2 Å². The quantitative estimate of drug-likeness (QED) is 0.652. The molecule has 0 aliphatic carbocycles. The minimum Gasteiger partial charge on any atom is -0.324 e. The topological polar surface area (TPSA) is 79.4 Å². The summed E-state index contributed by atoms with van der Waals surface area (Å²) < 4.78 is 14.0. The molecule has 0 saturated carbocycles. The van der Waals surface area contributed by atoms with Gasteiger partial charge in [0.15, 0.2) is 0 Å². The highest BCUT2D eigenvalue weighted by atomic mass is 32.1. The molecule has 2 heterocycles. The number of aromatic nitrogens is 1. The van der Waals surface area contributed by atoms with E-state index < -0.39 is 5.91 Å². The van der Waals surface area contributed by atoms with Crippen molar-refractivity contribution in [2.75, 3.05) is 11.9 Å². The molecular weight excluding hydrogens is 393 g/mol. The molecule has 4 rings (SSSR count). The van der Waals surface area contributed by atoms with E-state index in [0.717, 1.165) is 4.90 Å². The molecule has 1 saturated heterocycles. The van der Waals surface area contributed by atoms with E-state index >= 15 is 0 Å². The van der Waals surface area contributed by atoms with Crippen LogP contribution >= 0.6 is 11.3 Å². The Balaban J connectivity index is 1.56. The maximum absolute atomic E-state index is 14.0. The predicted molar refractivity (Wildman–Crippen MR) is 108 cm³/mol. The molecule has 3 aromatic rings. The summed E-state index contributed by atoms with van der Waals surface area (Å²) in [7, 11) is 0. The van der Waals surface area contributed by atoms with E-state index in [9.17, 15) is 18.8 Å². The number of benzene rings is 2. The number of halogens is 1. The number of imide groups is 1. The highest BCUT2D eigenvalue weighted by Crippen LogP contribution is 2.33. The Labute approximate surface area is 170 Å². The lowest BCUT2D eigenvalue weighted by molar-refractivity contribution is -0.141. The van der Waals surface area contributed by atoms with Gasteiger partial charge in [-0.1, -0.05) is 30.3 Å². The summed E-state index contributed by atoms with van der Waals surface area (Å²) >= 11 is 1.30. The van der Waals surface area contributed by atoms with Crippen LogP contribution in [0.4, 0.5) is 10.1 Å². The molecule has 1 aliphatic rings. The summed E-state index contributed by atoms with van der Waals surface area (Å²) in [6.07, 6.45) is 0.278. The first-order chi connectivity index (χ1) is 14.0. The van der Waals surface area contributed by atoms with Crippen molar-refractivity contribution in [3.8, 4) is 21.8 Å². The van der Waals surface area contributed by atoms with Crippen LogP contribution in [0.15, 0.2) is 53.9 Å². The van der Waals surface area contributed by atoms with E-state index in [1.54, 1.807) is 47.8 Å². The SMILES string of the molecule is O=C(CN1C(=O)CCC1=O)Nc1ccccc1-c1csc(-c2ccccc2F)n1. The fraction of sp³-hybridized carbons (Fsp3) is 0.143. The minimum absolute atomic E-state index is 0.139. The van der Waals surface area contributed by atoms with E-state index in [-0.39, 0.29) is 37.0 Å². The average molecular weight is 409 g/mol. The molecule has 29 heavy (non-hydrogen) atoms. The Morgan fingerprint density at radius 2 is 1.69 bits per heavy atom. The number of carbonyl (C=O) groups is 3. The zero-order chi connectivity index (χ0) is 20.4. The van der Waals surface area contributed by atoms with Gasteiger partial charge in [0.2, 0.25) is 17.7 Å². The fourth-order valence-electron chi connectivity index (χ4n) is 3.10. The standard InChI is InChI=1S/C21H16FN3O3S/c22-15-7-3-1-5-13(15)21-24-17(12-29-21)14-6-2-4-8-16(14)23-18(26)11-25-19(27)9-10-20(25)28/h1-8,12H,9-11H2,(H,23,26). The first-order valence-electron chi connectivity index (χ1n) is 8.96. The molecule has 1 N–H and O–H groups in total. The van der Waals surface area contributed by atoms with Gasteiger partial charge in [-0.15, -0.1) is 11.3 Å². The lowest BCUT2D eigenvalue weighted by atomic mass is 10.1. The van der Waals surface area contributed by atoms with E-state index in [2.05, 4.69) is 10.3 Å². The second kappa shape index (κ2) is 7.92. The van der Waals surface area contributed by atoms with Gasteiger partial charge < -0.3 is 5.32 Å². The van der Waals surface area contributed by atoms with Crippen LogP contribution in [0.5, 0.6) is 0 Å². The molecule has 0 unspecified atom stereocenters. The molecule has 8 heteroatoms. The summed E-state index contributed by atoms with van der Waals surface area (Å²) in [5.41, 5.74) is 2.18. The van der Waals surface area contributed by atoms with E-state index in [0.29, 0.717) is 27.5 Å². The lowest BCUT2D eigenvalue weighted by Gasteiger charge is -2.14. The van der Waals surface area contributed by atoms with Crippen LogP contribution in [0.25, 0.3) is 21.8 Å². The van der Waals surface area contributed by atoms with Crippen molar-refractivity contribution < 1.29 is 18.8 Å². The Bertz CT molecular complexity index is 1100. The number of nitrogens with zero attached hydrogens (tertiary/aromatic N) is 2. The molecule has 0 atom stereocenters. The zero-order valence-electron chi connectivity index (χ0n) is 15.2. The van der Waals surface area contributed by atoms with Crippen molar-refractivity contribution in [2.24, 2.45) is 0 Å². The van der Waals surface area contributed by atoms with Crippen LogP contribution < -0.4 is 5.32 Å². The summed E-state index contributed by atoms with van der Waals surface area (Å²) in [6.45, 7) is -0.316. The van der Waals surface area contributed by atoms with Gasteiger partial charge >= 0.3 is 0 Å². The van der Waals surface area contributed by atoms with Gasteiger partial charge in [-0.25, -0.2) is 9.37 Å². The number of nitrogens with one attached hydrogen (secondary N) is 1. The summed E-state index contributed by atoms with van der Waals surface area (Å²) in [5, 5.41) is 5.07. The van der Waals surface area contributed by atoms with E-state index in [1.807, 2.05) is 0 Å². The number of hydrogen-bond acceptors (Lipinski definition) is 5. The third kappa shape index (κ3) is 3.93. The van der Waals surface area contributed by atoms with Gasteiger partial charge in [0, 0.05) is 29.3 Å². The van der Waals surface area contributed by atoms with Crippen molar-refractivity contribution in [3.63, 3.8) is 0 Å². The van der Waals surface area contributed by atoms with Crippen LogP contribution in [0.3, 0.4) is 0 Å². The normalized spacial score (nSPS) is 13.8. The third-order valence-corrected chi connectivity index (χ3v) is 5.42. The molecule has 0 radical (unpaired) electrons. The molecular formula is C21H16FN3O3S. The van der Waals surface area contributed by atoms with Crippen molar-refractivity contribution in [2.45, 2.75) is 12.8 Å². The van der Waals surface area contributed by atoms with Gasteiger partial charge in [-0.2, -0.15) is 0 Å². The molecule has 1 aliphatic heterocycles. The number of para-hydroxylation sites is 1. The van der Waals surface area contributed by atoms with Crippen LogP contribution in [0.1, 0.15) is 12.8 Å². The largest absolute Gasteiger partial charge is 0.324 e. The predicted octanol–water partition coefficient (Wildman–Crippen LogP) is 3.70. The number of hydrogen-bond donors (Lipinski definition) is 1. The lowest BCUT2D eigenvalue weighted by Crippen LogP contribution is -2.36. The number of anilines is 1. The molecule has 3 amide bonds. The van der Waals surface area contributed by atoms with Crippen molar-refractivity contribution in [1.82, 2.24) is 9.88 Å². The molecule has 1 aromatic heterocycles. The summed E-state index contributed by atoms with van der Waals surface area (Å²) in [4.78, 5) is 41.3. The maximum Gasteiger partial charge on any atom is 0.244 e. The Kier molecular flexibility index (Phi) is 5.18. The van der Waals surface area contributed by atoms with E-state index in [4.69, 9.17) is 0 Å². The summed E-state index contributed by atoms with van der Waals surface area (Å²) in [6, 6.07) is 13.5. The van der Waals surface area contributed by atoms with Crippen molar-refractivity contribution in [3.05, 3.63) is 59.7 Å². The first-order valence-corrected chi connectivity index (χ1v) is 9.84. The molecule has 6 nitrogen and oxygen atoms in total. The molecule has 2 aromatic carbocycles. The summed E-state index contributed by atoms with van der Waals surface area (Å²) in [5.74, 6) is -1.50. The number of amides is 3. The van der Waals surface area contributed by atoms with Gasteiger partial charge in [-0.05, 0) is 18.2 Å². The van der Waals surface area contributed by atoms with Crippen LogP contribution in [0, 0.1) is 5.82 Å². The fourth-order valence-corrected chi connectivity index (χ4v) is 3.95. The monoisotopic (exact) mass is 409 g/mol. The average Bonchev–Trinajstić information content (AvgIpc) is 3.31. The van der Waals surface area contributed by atoms with Crippen LogP contribution in [0.2, 0.25) is 0 Å². The first kappa shape index (κ1) is 18.9. The minimum atomic E-state index is -0.467. The number of thiazole rings is 1. The second-order valence-electron chi connectivity index (χ2n) is 6.49. The zero-order valence-corrected chi connectivity index (χ0v) is 16.0. The Morgan fingerprint density at radius 1 is 1.03 bits per heavy atom. The maximum atomic E-state index is 14.0. The van der Waals surface area contributed by atoms with Crippen LogP contribution in [-0.2, 0) is 14.4 Å². The Morgan fingerprint density at radius 3 is 2.41 bits per heavy atom. The van der Waals surface area contributed by atoms with Gasteiger partial charge in [-0.3, -0.25) is 19.3 Å². The van der Waals surface area contributed by atoms with Crippen molar-refractivity contribution in [1.29, 1.82) is 0 Å². The highest BCUT2D eigenvalue weighted by Gasteiger charge is 2.30. The van der Waals surface area contributed by atoms with Crippen molar-refractivity contribution >= 4 is 34.7 Å². The smallest absolute Gasteiger partial charge is 0.244 e. The van der Waals surface area contributed by atoms with Gasteiger partial charge in [0.25, 0.3) is 0 Å². The highest BCUT2D eigenvalue weighted by molar-refractivity contribution is 7.13. The van der Waals surface area contributed by atoms with Gasteiger partial charge in [0.1, 0.15) is 17.4 Å². The molecule has 1 fully saturated rings.